The lowest BCUT2D eigenvalue weighted by molar-refractivity contribution is -0.119. The van der Waals surface area contributed by atoms with Crippen molar-refractivity contribution >= 4 is 18.2 Å². The summed E-state index contributed by atoms with van der Waals surface area (Å²) < 4.78 is 33.4. The van der Waals surface area contributed by atoms with E-state index in [-0.39, 0.29) is 35.2 Å². The maximum absolute atomic E-state index is 14.7. The highest BCUT2D eigenvalue weighted by molar-refractivity contribution is 5.85. The lowest BCUT2D eigenvalue weighted by Crippen LogP contribution is -2.42. The molecule has 2 aliphatic rings. The van der Waals surface area contributed by atoms with Crippen LogP contribution in [0.1, 0.15) is 91.6 Å². The number of aryl methyl sites for hydroxylation is 1. The second kappa shape index (κ2) is 16.7. The van der Waals surface area contributed by atoms with Crippen molar-refractivity contribution < 1.29 is 18.3 Å². The second-order valence-corrected chi connectivity index (χ2v) is 13.5. The van der Waals surface area contributed by atoms with Crippen LogP contribution in [0.3, 0.4) is 0 Å². The highest BCUT2D eigenvalue weighted by Gasteiger charge is 2.38. The summed E-state index contributed by atoms with van der Waals surface area (Å²) in [6.45, 7) is 1.91. The SMILES string of the molecule is COc1cc2c(cc1F)CCN(CCCC(CCCC(=O)CCc1ccc(F)cc1)(c1ccccc1)c1ccccc1)C2C1CCC1.Cl. The Labute approximate surface area is 291 Å². The van der Waals surface area contributed by atoms with Gasteiger partial charge in [-0.25, -0.2) is 8.78 Å². The van der Waals surface area contributed by atoms with E-state index in [0.717, 1.165) is 56.3 Å². The third kappa shape index (κ3) is 8.18. The van der Waals surface area contributed by atoms with E-state index < -0.39 is 0 Å². The van der Waals surface area contributed by atoms with Crippen LogP contribution in [0, 0.1) is 17.6 Å². The number of hydrogen-bond acceptors (Lipinski definition) is 3. The molecule has 1 aliphatic heterocycles. The molecule has 4 aromatic rings. The molecule has 6 rings (SSSR count). The first kappa shape index (κ1) is 35.8. The maximum atomic E-state index is 14.7. The average Bonchev–Trinajstić information content (AvgIpc) is 3.08. The van der Waals surface area contributed by atoms with Gasteiger partial charge in [-0.05, 0) is 116 Å². The van der Waals surface area contributed by atoms with Crippen LogP contribution in [0.2, 0.25) is 0 Å². The summed E-state index contributed by atoms with van der Waals surface area (Å²) in [5.41, 5.74) is 5.74. The Morgan fingerprint density at radius 1 is 0.854 bits per heavy atom. The zero-order chi connectivity index (χ0) is 32.6. The monoisotopic (exact) mass is 671 g/mol. The summed E-state index contributed by atoms with van der Waals surface area (Å²) >= 11 is 0. The molecule has 0 aromatic heterocycles. The summed E-state index contributed by atoms with van der Waals surface area (Å²) in [6, 6.07) is 32.1. The summed E-state index contributed by atoms with van der Waals surface area (Å²) in [7, 11) is 1.55. The van der Waals surface area contributed by atoms with Crippen molar-refractivity contribution in [3.05, 3.63) is 137 Å². The van der Waals surface area contributed by atoms with Crippen molar-refractivity contribution in [1.82, 2.24) is 4.90 Å². The van der Waals surface area contributed by atoms with E-state index in [4.69, 9.17) is 4.74 Å². The lowest BCUT2D eigenvalue weighted by atomic mass is 9.68. The van der Waals surface area contributed by atoms with Crippen molar-refractivity contribution in [3.8, 4) is 5.75 Å². The molecule has 0 N–H and O–H groups in total. The Morgan fingerprint density at radius 3 is 2.10 bits per heavy atom. The van der Waals surface area contributed by atoms with Crippen molar-refractivity contribution in [1.29, 1.82) is 0 Å². The summed E-state index contributed by atoms with van der Waals surface area (Å²) in [5, 5.41) is 0. The summed E-state index contributed by atoms with van der Waals surface area (Å²) in [6.07, 6.45) is 9.86. The molecular weight excluding hydrogens is 624 g/mol. The van der Waals surface area contributed by atoms with E-state index in [9.17, 15) is 13.6 Å². The first-order chi connectivity index (χ1) is 23.0. The molecule has 1 saturated carbocycles. The first-order valence-corrected chi connectivity index (χ1v) is 17.4. The molecule has 0 saturated heterocycles. The number of halogens is 3. The Morgan fingerprint density at radius 2 is 1.50 bits per heavy atom. The highest BCUT2D eigenvalue weighted by atomic mass is 35.5. The fraction of sp³-hybridized carbons (Fsp3) is 0.405. The van der Waals surface area contributed by atoms with Gasteiger partial charge in [0, 0.05) is 30.8 Å². The molecule has 0 spiro atoms. The van der Waals surface area contributed by atoms with Gasteiger partial charge < -0.3 is 4.74 Å². The first-order valence-electron chi connectivity index (χ1n) is 17.4. The van der Waals surface area contributed by atoms with E-state index in [1.54, 1.807) is 25.3 Å². The Balaban J connectivity index is 0.00000451. The van der Waals surface area contributed by atoms with Gasteiger partial charge in [-0.3, -0.25) is 9.69 Å². The van der Waals surface area contributed by atoms with Crippen LogP contribution in [0.25, 0.3) is 0 Å². The quantitative estimate of drug-likeness (QED) is 0.126. The van der Waals surface area contributed by atoms with E-state index in [2.05, 4.69) is 65.6 Å². The van der Waals surface area contributed by atoms with E-state index in [1.807, 2.05) is 6.07 Å². The number of ether oxygens (including phenoxy) is 1. The minimum atomic E-state index is -0.267. The number of benzene rings is 4. The Kier molecular flexibility index (Phi) is 12.5. The fourth-order valence-corrected chi connectivity index (χ4v) is 8.03. The van der Waals surface area contributed by atoms with Gasteiger partial charge in [0.15, 0.2) is 11.6 Å². The predicted octanol–water partition coefficient (Wildman–Crippen LogP) is 10.2. The molecule has 254 valence electrons. The average molecular weight is 672 g/mol. The fourth-order valence-electron chi connectivity index (χ4n) is 8.03. The van der Waals surface area contributed by atoms with Crippen LogP contribution in [-0.4, -0.2) is 30.9 Å². The van der Waals surface area contributed by atoms with Gasteiger partial charge in [0.2, 0.25) is 0 Å². The molecule has 6 heteroatoms. The molecule has 3 nitrogen and oxygen atoms in total. The van der Waals surface area contributed by atoms with Gasteiger partial charge in [-0.15, -0.1) is 12.4 Å². The van der Waals surface area contributed by atoms with Crippen molar-refractivity contribution in [2.45, 2.75) is 82.1 Å². The normalized spacial score (nSPS) is 16.4. The standard InChI is InChI=1S/C42H47F2NO2.ClH/c1-47-40-30-38-33(29-39(40)44)24-28-45(41(38)32-11-8-12-32)27-10-26-42(34-13-4-2-5-14-34,35-15-6-3-7-16-35)25-9-17-37(46)23-20-31-18-21-36(43)22-19-31;/h2-7,13-16,18-19,21-22,29-30,32,41H,8-12,17,20,23-28H2,1H3;1H. The van der Waals surface area contributed by atoms with E-state index >= 15 is 0 Å². The predicted molar refractivity (Wildman–Crippen MR) is 192 cm³/mol. The molecule has 1 heterocycles. The largest absolute Gasteiger partial charge is 0.494 e. The number of ketones is 1. The third-order valence-electron chi connectivity index (χ3n) is 10.8. The van der Waals surface area contributed by atoms with Gasteiger partial charge in [0.25, 0.3) is 0 Å². The molecule has 0 bridgehead atoms. The minimum Gasteiger partial charge on any atom is -0.494 e. The van der Waals surface area contributed by atoms with Gasteiger partial charge in [0.05, 0.1) is 7.11 Å². The van der Waals surface area contributed by atoms with Gasteiger partial charge in [-0.1, -0.05) is 79.2 Å². The number of carbonyl (C=O) groups is 1. The van der Waals surface area contributed by atoms with Crippen molar-refractivity contribution in [3.63, 3.8) is 0 Å². The van der Waals surface area contributed by atoms with Crippen LogP contribution in [0.4, 0.5) is 8.78 Å². The maximum Gasteiger partial charge on any atom is 0.165 e. The van der Waals surface area contributed by atoms with Gasteiger partial charge in [0.1, 0.15) is 11.6 Å². The molecule has 1 atom stereocenters. The van der Waals surface area contributed by atoms with Crippen molar-refractivity contribution in [2.24, 2.45) is 5.92 Å². The van der Waals surface area contributed by atoms with Crippen LogP contribution < -0.4 is 4.74 Å². The number of methoxy groups -OCH3 is 1. The van der Waals surface area contributed by atoms with Crippen molar-refractivity contribution in [2.75, 3.05) is 20.2 Å². The number of rotatable bonds is 15. The molecule has 0 amide bonds. The third-order valence-corrected chi connectivity index (χ3v) is 10.8. The van der Waals surface area contributed by atoms with Gasteiger partial charge in [-0.2, -0.15) is 0 Å². The molecule has 48 heavy (non-hydrogen) atoms. The van der Waals surface area contributed by atoms with Crippen LogP contribution in [0.15, 0.2) is 97.1 Å². The molecule has 1 fully saturated rings. The number of nitrogens with zero attached hydrogens (tertiary/aromatic N) is 1. The zero-order valence-corrected chi connectivity index (χ0v) is 28.8. The Bertz CT molecular complexity index is 1570. The molecule has 4 aromatic carbocycles. The molecule has 0 radical (unpaired) electrons. The Hall–Kier alpha value is -3.54. The molecular formula is C42H48ClF2NO2. The lowest BCUT2D eigenvalue weighted by Gasteiger charge is -2.45. The summed E-state index contributed by atoms with van der Waals surface area (Å²) in [5.74, 6) is 0.674. The van der Waals surface area contributed by atoms with Crippen LogP contribution in [0.5, 0.6) is 5.75 Å². The minimum absolute atomic E-state index is 0. The topological polar surface area (TPSA) is 29.5 Å². The summed E-state index contributed by atoms with van der Waals surface area (Å²) in [4.78, 5) is 15.7. The van der Waals surface area contributed by atoms with Crippen LogP contribution >= 0.6 is 12.4 Å². The zero-order valence-electron chi connectivity index (χ0n) is 28.0. The van der Waals surface area contributed by atoms with E-state index in [0.29, 0.717) is 37.0 Å². The number of carbonyl (C=O) groups excluding carboxylic acids is 1. The number of fused-ring (bicyclic) bond motifs is 1. The number of Topliss-reactive ketones (excluding diaryl/α,β-unsaturated/α-hetero) is 1. The van der Waals surface area contributed by atoms with Gasteiger partial charge >= 0.3 is 0 Å². The highest BCUT2D eigenvalue weighted by Crippen LogP contribution is 2.47. The molecule has 1 unspecified atom stereocenters. The van der Waals surface area contributed by atoms with E-state index in [1.165, 1.54) is 48.1 Å². The van der Waals surface area contributed by atoms with Crippen LogP contribution in [-0.2, 0) is 23.1 Å². The smallest absolute Gasteiger partial charge is 0.165 e. The second-order valence-electron chi connectivity index (χ2n) is 13.5. The number of hydrogen-bond donors (Lipinski definition) is 0. The molecule has 1 aliphatic carbocycles.